The molecule has 0 rings (SSSR count). The second-order valence-corrected chi connectivity index (χ2v) is 4.78. The van der Waals surface area contributed by atoms with E-state index in [0.717, 1.165) is 24.9 Å². The van der Waals surface area contributed by atoms with Gasteiger partial charge in [-0.25, -0.2) is 0 Å². The Morgan fingerprint density at radius 1 is 1.00 bits per heavy atom. The van der Waals surface area contributed by atoms with Gasteiger partial charge in [0, 0.05) is 6.61 Å². The molecule has 0 aliphatic heterocycles. The average Bonchev–Trinajstić information content (AvgIpc) is 2.28. The van der Waals surface area contributed by atoms with Gasteiger partial charge < -0.3 is 4.74 Å². The maximum atomic E-state index is 5.78. The number of unbranched alkanes of at least 4 members (excludes halogenated alkanes) is 1. The minimum Gasteiger partial charge on any atom is -0.381 e. The lowest BCUT2D eigenvalue weighted by Gasteiger charge is -2.17. The summed E-state index contributed by atoms with van der Waals surface area (Å²) in [6, 6.07) is 0. The van der Waals surface area contributed by atoms with E-state index < -0.39 is 0 Å². The van der Waals surface area contributed by atoms with E-state index in [2.05, 4.69) is 33.4 Å². The van der Waals surface area contributed by atoms with Crippen molar-refractivity contribution in [3.05, 3.63) is 0 Å². The van der Waals surface area contributed by atoms with E-state index in [1.165, 1.54) is 32.1 Å². The topological polar surface area (TPSA) is 9.23 Å². The van der Waals surface area contributed by atoms with E-state index in [0.29, 0.717) is 5.92 Å². The molecule has 15 heavy (non-hydrogen) atoms. The second kappa shape index (κ2) is 10.8. The smallest absolute Gasteiger partial charge is 0.0502 e. The number of thiol groups is 1. The lowest BCUT2D eigenvalue weighted by Crippen LogP contribution is -2.15. The summed E-state index contributed by atoms with van der Waals surface area (Å²) in [5.74, 6) is 2.35. The zero-order valence-corrected chi connectivity index (χ0v) is 11.6. The van der Waals surface area contributed by atoms with Crippen molar-refractivity contribution in [2.45, 2.75) is 52.9 Å². The van der Waals surface area contributed by atoms with Crippen molar-refractivity contribution < 1.29 is 4.74 Å². The van der Waals surface area contributed by atoms with Crippen LogP contribution in [0.5, 0.6) is 0 Å². The largest absolute Gasteiger partial charge is 0.381 e. The van der Waals surface area contributed by atoms with Crippen LogP contribution in [0.25, 0.3) is 0 Å². The van der Waals surface area contributed by atoms with Crippen molar-refractivity contribution in [3.63, 3.8) is 0 Å². The lowest BCUT2D eigenvalue weighted by atomic mass is 10.0. The molecule has 0 spiro atoms. The Balaban J connectivity index is 3.52. The van der Waals surface area contributed by atoms with Gasteiger partial charge in [-0.05, 0) is 24.0 Å². The van der Waals surface area contributed by atoms with Crippen LogP contribution in [0.2, 0.25) is 0 Å². The van der Waals surface area contributed by atoms with Gasteiger partial charge in [0.25, 0.3) is 0 Å². The van der Waals surface area contributed by atoms with Gasteiger partial charge in [0.05, 0.1) is 6.61 Å². The highest BCUT2D eigenvalue weighted by molar-refractivity contribution is 7.80. The summed E-state index contributed by atoms with van der Waals surface area (Å²) < 4.78 is 5.78. The number of rotatable bonds is 10. The van der Waals surface area contributed by atoms with Gasteiger partial charge in [-0.2, -0.15) is 12.6 Å². The first-order valence-electron chi connectivity index (χ1n) is 6.46. The highest BCUT2D eigenvalue weighted by atomic mass is 32.1. The Labute approximate surface area is 101 Å². The first kappa shape index (κ1) is 15.3. The lowest BCUT2D eigenvalue weighted by molar-refractivity contribution is 0.0713. The number of hydrogen-bond acceptors (Lipinski definition) is 2. The summed E-state index contributed by atoms with van der Waals surface area (Å²) in [6.45, 7) is 8.56. The summed E-state index contributed by atoms with van der Waals surface area (Å²) >= 11 is 4.32. The molecular weight excluding hydrogens is 204 g/mol. The van der Waals surface area contributed by atoms with E-state index in [9.17, 15) is 0 Å². The minimum atomic E-state index is 0.636. The third-order valence-electron chi connectivity index (χ3n) is 3.09. The zero-order chi connectivity index (χ0) is 11.5. The van der Waals surface area contributed by atoms with Gasteiger partial charge in [-0.15, -0.1) is 0 Å². The van der Waals surface area contributed by atoms with Crippen LogP contribution in [0.3, 0.4) is 0 Å². The maximum Gasteiger partial charge on any atom is 0.0502 e. The minimum absolute atomic E-state index is 0.636. The van der Waals surface area contributed by atoms with Gasteiger partial charge in [0.15, 0.2) is 0 Å². The molecule has 0 bridgehead atoms. The molecule has 0 aromatic carbocycles. The van der Waals surface area contributed by atoms with Gasteiger partial charge in [-0.1, -0.05) is 46.5 Å². The van der Waals surface area contributed by atoms with Crippen LogP contribution in [0, 0.1) is 11.8 Å². The van der Waals surface area contributed by atoms with E-state index in [1.807, 2.05) is 0 Å². The Kier molecular flexibility index (Phi) is 11.0. The third-order valence-corrected chi connectivity index (χ3v) is 3.60. The van der Waals surface area contributed by atoms with Crippen LogP contribution < -0.4 is 0 Å². The molecule has 2 unspecified atom stereocenters. The molecule has 0 aromatic rings. The van der Waals surface area contributed by atoms with Crippen LogP contribution in [-0.2, 0) is 4.74 Å². The summed E-state index contributed by atoms with van der Waals surface area (Å²) in [5.41, 5.74) is 0. The van der Waals surface area contributed by atoms with Crippen molar-refractivity contribution >= 4 is 12.6 Å². The van der Waals surface area contributed by atoms with Crippen molar-refractivity contribution in [2.24, 2.45) is 11.8 Å². The Morgan fingerprint density at radius 2 is 1.60 bits per heavy atom. The van der Waals surface area contributed by atoms with Crippen LogP contribution in [0.1, 0.15) is 52.9 Å². The van der Waals surface area contributed by atoms with Crippen LogP contribution in [0.4, 0.5) is 0 Å². The van der Waals surface area contributed by atoms with E-state index in [-0.39, 0.29) is 0 Å². The SMILES string of the molecule is CCCCC(CC)COCC(CC)CS. The molecule has 0 aliphatic rings. The fourth-order valence-electron chi connectivity index (χ4n) is 1.60. The molecule has 0 aromatic heterocycles. The molecule has 1 nitrogen and oxygen atoms in total. The molecule has 0 N–H and O–H groups in total. The molecule has 0 heterocycles. The Bertz CT molecular complexity index is 124. The maximum absolute atomic E-state index is 5.78. The molecule has 0 radical (unpaired) electrons. The highest BCUT2D eigenvalue weighted by Crippen LogP contribution is 2.14. The summed E-state index contributed by atoms with van der Waals surface area (Å²) in [6.07, 6.45) is 6.38. The molecule has 0 amide bonds. The van der Waals surface area contributed by atoms with Crippen molar-refractivity contribution in [1.82, 2.24) is 0 Å². The Hall–Kier alpha value is 0.310. The first-order chi connectivity index (χ1) is 7.28. The summed E-state index contributed by atoms with van der Waals surface area (Å²) in [5, 5.41) is 0. The van der Waals surface area contributed by atoms with Crippen molar-refractivity contribution in [3.8, 4) is 0 Å². The molecule has 0 saturated carbocycles. The number of hydrogen-bond donors (Lipinski definition) is 1. The van der Waals surface area contributed by atoms with Crippen molar-refractivity contribution in [1.29, 1.82) is 0 Å². The standard InChI is InChI=1S/C13H28OS/c1-4-7-8-12(5-2)9-14-10-13(6-3)11-15/h12-13,15H,4-11H2,1-3H3. The van der Waals surface area contributed by atoms with Crippen LogP contribution in [-0.4, -0.2) is 19.0 Å². The van der Waals surface area contributed by atoms with Gasteiger partial charge in [0.2, 0.25) is 0 Å². The van der Waals surface area contributed by atoms with Crippen LogP contribution >= 0.6 is 12.6 Å². The fourth-order valence-corrected chi connectivity index (χ4v) is 1.96. The molecule has 0 aliphatic carbocycles. The summed E-state index contributed by atoms with van der Waals surface area (Å²) in [4.78, 5) is 0. The molecule has 2 atom stereocenters. The predicted molar refractivity (Wildman–Crippen MR) is 71.8 cm³/mol. The normalized spacial score (nSPS) is 15.2. The number of ether oxygens (including phenoxy) is 1. The first-order valence-corrected chi connectivity index (χ1v) is 7.10. The third kappa shape index (κ3) is 8.15. The van der Waals surface area contributed by atoms with Gasteiger partial charge in [-0.3, -0.25) is 0 Å². The average molecular weight is 232 g/mol. The highest BCUT2D eigenvalue weighted by Gasteiger charge is 2.08. The van der Waals surface area contributed by atoms with E-state index in [1.54, 1.807) is 0 Å². The van der Waals surface area contributed by atoms with E-state index in [4.69, 9.17) is 4.74 Å². The predicted octanol–water partition coefficient (Wildman–Crippen LogP) is 4.18. The van der Waals surface area contributed by atoms with E-state index >= 15 is 0 Å². The molecule has 2 heteroatoms. The summed E-state index contributed by atoms with van der Waals surface area (Å²) in [7, 11) is 0. The zero-order valence-electron chi connectivity index (χ0n) is 10.7. The van der Waals surface area contributed by atoms with Crippen molar-refractivity contribution in [2.75, 3.05) is 19.0 Å². The molecule has 0 fully saturated rings. The molecule has 0 saturated heterocycles. The second-order valence-electron chi connectivity index (χ2n) is 4.41. The molecular formula is C13H28OS. The van der Waals surface area contributed by atoms with Gasteiger partial charge in [0.1, 0.15) is 0 Å². The van der Waals surface area contributed by atoms with Crippen LogP contribution in [0.15, 0.2) is 0 Å². The monoisotopic (exact) mass is 232 g/mol. The Morgan fingerprint density at radius 3 is 2.07 bits per heavy atom. The quantitative estimate of drug-likeness (QED) is 0.556. The van der Waals surface area contributed by atoms with Gasteiger partial charge >= 0.3 is 0 Å². The fraction of sp³-hybridized carbons (Fsp3) is 1.00. The molecule has 92 valence electrons.